The molecule has 3 aromatic rings. The number of halogens is 1. The van der Waals surface area contributed by atoms with Gasteiger partial charge in [0.25, 0.3) is 0 Å². The maximum Gasteiger partial charge on any atom is 0.338 e. The standard InChI is InChI=1S/C25H27FN2O5S/c1-16(2)11-12-32-22-10-9-18(13-23(22)31-4)24(30)33-14-19-15-34-25(27-19)28(17(3)29)21-8-6-5-7-20(21)26/h5-10,13,15-16H,11-12,14H2,1-4H3. The highest BCUT2D eigenvalue weighted by Crippen LogP contribution is 2.31. The van der Waals surface area contributed by atoms with E-state index in [2.05, 4.69) is 18.8 Å². The van der Waals surface area contributed by atoms with Gasteiger partial charge in [0.2, 0.25) is 5.91 Å². The van der Waals surface area contributed by atoms with Crippen LogP contribution in [0.4, 0.5) is 15.2 Å². The number of nitrogens with zero attached hydrogens (tertiary/aromatic N) is 2. The number of anilines is 2. The summed E-state index contributed by atoms with van der Waals surface area (Å²) in [6.45, 7) is 6.00. The Kier molecular flexibility index (Phi) is 8.59. The molecule has 34 heavy (non-hydrogen) atoms. The molecule has 1 amide bonds. The van der Waals surface area contributed by atoms with E-state index < -0.39 is 11.8 Å². The third-order valence-corrected chi connectivity index (χ3v) is 5.72. The van der Waals surface area contributed by atoms with Crippen LogP contribution >= 0.6 is 11.3 Å². The van der Waals surface area contributed by atoms with Gasteiger partial charge in [0, 0.05) is 12.3 Å². The molecule has 0 unspecified atom stereocenters. The predicted molar refractivity (Wildman–Crippen MR) is 128 cm³/mol. The highest BCUT2D eigenvalue weighted by Gasteiger charge is 2.21. The zero-order chi connectivity index (χ0) is 24.7. The van der Waals surface area contributed by atoms with Gasteiger partial charge in [-0.2, -0.15) is 0 Å². The molecule has 1 heterocycles. The van der Waals surface area contributed by atoms with Crippen LogP contribution < -0.4 is 14.4 Å². The molecule has 1 aromatic heterocycles. The maximum absolute atomic E-state index is 14.2. The van der Waals surface area contributed by atoms with Crippen LogP contribution in [0, 0.1) is 11.7 Å². The average Bonchev–Trinajstić information content (AvgIpc) is 3.27. The molecule has 9 heteroatoms. The number of esters is 1. The van der Waals surface area contributed by atoms with Crippen LogP contribution in [0.25, 0.3) is 0 Å². The fourth-order valence-corrected chi connectivity index (χ4v) is 3.91. The first-order valence-corrected chi connectivity index (χ1v) is 11.7. The van der Waals surface area contributed by atoms with Crippen LogP contribution in [0.3, 0.4) is 0 Å². The smallest absolute Gasteiger partial charge is 0.338 e. The number of carbonyl (C=O) groups is 2. The Morgan fingerprint density at radius 1 is 1.15 bits per heavy atom. The van der Waals surface area contributed by atoms with Crippen molar-refractivity contribution < 1.29 is 28.2 Å². The van der Waals surface area contributed by atoms with E-state index in [1.165, 1.54) is 31.1 Å². The van der Waals surface area contributed by atoms with Crippen molar-refractivity contribution in [2.24, 2.45) is 5.92 Å². The van der Waals surface area contributed by atoms with Crippen LogP contribution in [0.15, 0.2) is 47.8 Å². The topological polar surface area (TPSA) is 78.0 Å². The fourth-order valence-electron chi connectivity index (χ4n) is 3.05. The summed E-state index contributed by atoms with van der Waals surface area (Å²) in [5.41, 5.74) is 0.854. The second-order valence-electron chi connectivity index (χ2n) is 7.90. The molecule has 0 aliphatic heterocycles. The molecule has 0 saturated carbocycles. The van der Waals surface area contributed by atoms with E-state index in [4.69, 9.17) is 14.2 Å². The minimum Gasteiger partial charge on any atom is -0.493 e. The molecule has 0 aliphatic rings. The monoisotopic (exact) mass is 486 g/mol. The summed E-state index contributed by atoms with van der Waals surface area (Å²) in [7, 11) is 1.51. The average molecular weight is 487 g/mol. The van der Waals surface area contributed by atoms with Crippen molar-refractivity contribution in [1.82, 2.24) is 4.98 Å². The Morgan fingerprint density at radius 3 is 2.59 bits per heavy atom. The van der Waals surface area contributed by atoms with Gasteiger partial charge in [0.1, 0.15) is 12.4 Å². The summed E-state index contributed by atoms with van der Waals surface area (Å²) < 4.78 is 30.7. The Morgan fingerprint density at radius 2 is 1.91 bits per heavy atom. The second-order valence-corrected chi connectivity index (χ2v) is 8.74. The first-order valence-electron chi connectivity index (χ1n) is 10.8. The summed E-state index contributed by atoms with van der Waals surface area (Å²) in [4.78, 5) is 30.3. The zero-order valence-corrected chi connectivity index (χ0v) is 20.4. The van der Waals surface area contributed by atoms with Crippen LogP contribution in [0.1, 0.15) is 43.2 Å². The minimum absolute atomic E-state index is 0.104. The largest absolute Gasteiger partial charge is 0.493 e. The molecule has 0 saturated heterocycles. The van der Waals surface area contributed by atoms with Crippen molar-refractivity contribution in [2.75, 3.05) is 18.6 Å². The lowest BCUT2D eigenvalue weighted by Gasteiger charge is -2.18. The third-order valence-electron chi connectivity index (χ3n) is 4.84. The molecule has 180 valence electrons. The van der Waals surface area contributed by atoms with Crippen LogP contribution in [0.2, 0.25) is 0 Å². The molecule has 7 nitrogen and oxygen atoms in total. The summed E-state index contributed by atoms with van der Waals surface area (Å²) in [6.07, 6.45) is 0.903. The highest BCUT2D eigenvalue weighted by atomic mass is 32.1. The van der Waals surface area contributed by atoms with E-state index in [1.807, 2.05) is 0 Å². The van der Waals surface area contributed by atoms with Gasteiger partial charge in [-0.1, -0.05) is 26.0 Å². The van der Waals surface area contributed by atoms with Gasteiger partial charge in [-0.25, -0.2) is 14.2 Å². The summed E-state index contributed by atoms with van der Waals surface area (Å²) >= 11 is 1.15. The van der Waals surface area contributed by atoms with Gasteiger partial charge in [-0.05, 0) is 42.7 Å². The second kappa shape index (κ2) is 11.6. The van der Waals surface area contributed by atoms with E-state index in [0.29, 0.717) is 35.3 Å². The number of aromatic nitrogens is 1. The van der Waals surface area contributed by atoms with E-state index in [0.717, 1.165) is 17.8 Å². The lowest BCUT2D eigenvalue weighted by atomic mass is 10.1. The Balaban J connectivity index is 1.66. The number of hydrogen-bond donors (Lipinski definition) is 0. The van der Waals surface area contributed by atoms with E-state index in [-0.39, 0.29) is 23.3 Å². The lowest BCUT2D eigenvalue weighted by Crippen LogP contribution is -2.23. The SMILES string of the molecule is COc1cc(C(=O)OCc2csc(N(C(C)=O)c3ccccc3F)n2)ccc1OCCC(C)C. The van der Waals surface area contributed by atoms with Crippen LogP contribution in [0.5, 0.6) is 11.5 Å². The molecule has 0 N–H and O–H groups in total. The predicted octanol–water partition coefficient (Wildman–Crippen LogP) is 5.76. The number of para-hydroxylation sites is 1. The van der Waals surface area contributed by atoms with Crippen molar-refractivity contribution in [3.05, 3.63) is 64.9 Å². The Bertz CT molecular complexity index is 1150. The van der Waals surface area contributed by atoms with Gasteiger partial charge < -0.3 is 14.2 Å². The van der Waals surface area contributed by atoms with Gasteiger partial charge >= 0.3 is 5.97 Å². The number of hydrogen-bond acceptors (Lipinski definition) is 7. The number of ether oxygens (including phenoxy) is 3. The van der Waals surface area contributed by atoms with Gasteiger partial charge in [0.15, 0.2) is 16.6 Å². The molecule has 0 fully saturated rings. The summed E-state index contributed by atoms with van der Waals surface area (Å²) in [6, 6.07) is 10.8. The molecular formula is C25H27FN2O5S. The normalized spacial score (nSPS) is 10.8. The first kappa shape index (κ1) is 25.2. The Labute approximate surface area is 202 Å². The number of methoxy groups -OCH3 is 1. The zero-order valence-electron chi connectivity index (χ0n) is 19.5. The van der Waals surface area contributed by atoms with Crippen LogP contribution in [-0.2, 0) is 16.1 Å². The van der Waals surface area contributed by atoms with Gasteiger partial charge in [0.05, 0.1) is 30.7 Å². The molecule has 0 radical (unpaired) electrons. The molecule has 2 aromatic carbocycles. The maximum atomic E-state index is 14.2. The van der Waals surface area contributed by atoms with Gasteiger partial charge in [-0.15, -0.1) is 11.3 Å². The number of rotatable bonds is 10. The summed E-state index contributed by atoms with van der Waals surface area (Å²) in [5, 5.41) is 1.94. The minimum atomic E-state index is -0.556. The Hall–Kier alpha value is -3.46. The fraction of sp³-hybridized carbons (Fsp3) is 0.320. The molecule has 3 rings (SSSR count). The van der Waals surface area contributed by atoms with E-state index >= 15 is 0 Å². The number of benzene rings is 2. The molecule has 0 aliphatic carbocycles. The van der Waals surface area contributed by atoms with E-state index in [9.17, 15) is 14.0 Å². The molecule has 0 spiro atoms. The molecule has 0 bridgehead atoms. The van der Waals surface area contributed by atoms with Crippen molar-refractivity contribution >= 4 is 34.0 Å². The highest BCUT2D eigenvalue weighted by molar-refractivity contribution is 7.14. The van der Waals surface area contributed by atoms with Crippen molar-refractivity contribution in [2.45, 2.75) is 33.8 Å². The number of thiazole rings is 1. The quantitative estimate of drug-likeness (QED) is 0.339. The number of amides is 1. The van der Waals surface area contributed by atoms with Crippen molar-refractivity contribution in [3.8, 4) is 11.5 Å². The van der Waals surface area contributed by atoms with Gasteiger partial charge in [-0.3, -0.25) is 9.69 Å². The third kappa shape index (κ3) is 6.32. The van der Waals surface area contributed by atoms with Crippen molar-refractivity contribution in [1.29, 1.82) is 0 Å². The number of carbonyl (C=O) groups excluding carboxylic acids is 2. The lowest BCUT2D eigenvalue weighted by molar-refractivity contribution is -0.115. The summed E-state index contributed by atoms with van der Waals surface area (Å²) in [5.74, 6) is 0.0366. The molecular weight excluding hydrogens is 459 g/mol. The van der Waals surface area contributed by atoms with Crippen molar-refractivity contribution in [3.63, 3.8) is 0 Å². The first-order chi connectivity index (χ1) is 16.3. The van der Waals surface area contributed by atoms with Crippen LogP contribution in [-0.4, -0.2) is 30.6 Å². The molecule has 0 atom stereocenters. The van der Waals surface area contributed by atoms with E-state index in [1.54, 1.807) is 35.7 Å².